The van der Waals surface area contributed by atoms with Gasteiger partial charge in [-0.2, -0.15) is 0 Å². The van der Waals surface area contributed by atoms with Crippen LogP contribution in [0.3, 0.4) is 0 Å². The van der Waals surface area contributed by atoms with Crippen LogP contribution in [0, 0.1) is 13.8 Å². The van der Waals surface area contributed by atoms with Gasteiger partial charge in [0.25, 0.3) is 5.91 Å². The van der Waals surface area contributed by atoms with Crippen LogP contribution in [0.2, 0.25) is 5.02 Å². The average molecular weight is 347 g/mol. The number of nitrogens with zero attached hydrogens (tertiary/aromatic N) is 1. The standard InChI is InChI=1S/C17H15ClN2O2S/c1-10-5-3-7-13(11(10)2)22-9-15(21)19-17-20-16-12(18)6-4-8-14(16)23-17/h3-8H,9H2,1-2H3,(H,19,20,21). The van der Waals surface area contributed by atoms with Crippen LogP contribution < -0.4 is 10.1 Å². The molecule has 1 heterocycles. The molecule has 0 bridgehead atoms. The normalized spacial score (nSPS) is 10.7. The molecular formula is C17H15ClN2O2S. The van der Waals surface area contributed by atoms with Gasteiger partial charge in [-0.1, -0.05) is 41.1 Å². The van der Waals surface area contributed by atoms with Gasteiger partial charge in [0.15, 0.2) is 11.7 Å². The van der Waals surface area contributed by atoms with Gasteiger partial charge in [-0.3, -0.25) is 10.1 Å². The van der Waals surface area contributed by atoms with Crippen LogP contribution in [0.1, 0.15) is 11.1 Å². The Morgan fingerprint density at radius 3 is 2.83 bits per heavy atom. The van der Waals surface area contributed by atoms with Gasteiger partial charge in [0.05, 0.1) is 9.72 Å². The number of amides is 1. The number of carbonyl (C=O) groups is 1. The Morgan fingerprint density at radius 2 is 2.04 bits per heavy atom. The molecule has 1 N–H and O–H groups in total. The average Bonchev–Trinajstić information content (AvgIpc) is 2.93. The van der Waals surface area contributed by atoms with Crippen molar-refractivity contribution in [3.8, 4) is 5.75 Å². The number of fused-ring (bicyclic) bond motifs is 1. The van der Waals surface area contributed by atoms with Gasteiger partial charge in [-0.25, -0.2) is 4.98 Å². The minimum atomic E-state index is -0.249. The van der Waals surface area contributed by atoms with Gasteiger partial charge < -0.3 is 4.74 Å². The van der Waals surface area contributed by atoms with Gasteiger partial charge in [0, 0.05) is 0 Å². The third-order valence-corrected chi connectivity index (χ3v) is 4.77. The number of carbonyl (C=O) groups excluding carboxylic acids is 1. The third kappa shape index (κ3) is 3.46. The molecule has 2 aromatic carbocycles. The van der Waals surface area contributed by atoms with Crippen LogP contribution >= 0.6 is 22.9 Å². The van der Waals surface area contributed by atoms with E-state index in [4.69, 9.17) is 16.3 Å². The summed E-state index contributed by atoms with van der Waals surface area (Å²) in [7, 11) is 0. The van der Waals surface area contributed by atoms with Crippen LogP contribution in [-0.2, 0) is 4.79 Å². The van der Waals surface area contributed by atoms with Gasteiger partial charge >= 0.3 is 0 Å². The number of ether oxygens (including phenoxy) is 1. The van der Waals surface area contributed by atoms with E-state index >= 15 is 0 Å². The quantitative estimate of drug-likeness (QED) is 0.752. The molecule has 1 aromatic heterocycles. The number of aryl methyl sites for hydroxylation is 1. The minimum absolute atomic E-state index is 0.0616. The molecule has 0 aliphatic carbocycles. The number of benzene rings is 2. The zero-order valence-corrected chi connectivity index (χ0v) is 14.3. The Balaban J connectivity index is 1.67. The van der Waals surface area contributed by atoms with Crippen molar-refractivity contribution in [2.45, 2.75) is 13.8 Å². The number of halogens is 1. The molecule has 0 saturated carbocycles. The lowest BCUT2D eigenvalue weighted by atomic mass is 10.1. The predicted octanol–water partition coefficient (Wildman–Crippen LogP) is 4.58. The van der Waals surface area contributed by atoms with Crippen LogP contribution in [0.4, 0.5) is 5.13 Å². The number of hydrogen-bond acceptors (Lipinski definition) is 4. The molecule has 0 spiro atoms. The Bertz CT molecular complexity index is 876. The zero-order chi connectivity index (χ0) is 16.4. The maximum Gasteiger partial charge on any atom is 0.264 e. The highest BCUT2D eigenvalue weighted by molar-refractivity contribution is 7.22. The lowest BCUT2D eigenvalue weighted by Crippen LogP contribution is -2.20. The molecule has 0 atom stereocenters. The van der Waals surface area contributed by atoms with Crippen molar-refractivity contribution in [1.82, 2.24) is 4.98 Å². The zero-order valence-electron chi connectivity index (χ0n) is 12.7. The lowest BCUT2D eigenvalue weighted by Gasteiger charge is -2.10. The summed E-state index contributed by atoms with van der Waals surface area (Å²) >= 11 is 7.47. The summed E-state index contributed by atoms with van der Waals surface area (Å²) in [6, 6.07) is 11.3. The summed E-state index contributed by atoms with van der Waals surface area (Å²) in [5, 5.41) is 3.84. The van der Waals surface area contributed by atoms with Gasteiger partial charge in [0.1, 0.15) is 11.3 Å². The molecule has 0 aliphatic rings. The highest BCUT2D eigenvalue weighted by atomic mass is 35.5. The fourth-order valence-electron chi connectivity index (χ4n) is 2.15. The Hall–Kier alpha value is -2.11. The monoisotopic (exact) mass is 346 g/mol. The first-order chi connectivity index (χ1) is 11.0. The number of rotatable bonds is 4. The molecule has 0 unspecified atom stereocenters. The Kier molecular flexibility index (Phi) is 4.50. The smallest absolute Gasteiger partial charge is 0.264 e. The molecule has 3 aromatic rings. The van der Waals surface area contributed by atoms with E-state index in [9.17, 15) is 4.79 Å². The highest BCUT2D eigenvalue weighted by Crippen LogP contribution is 2.30. The van der Waals surface area contributed by atoms with Crippen molar-refractivity contribution in [1.29, 1.82) is 0 Å². The number of nitrogens with one attached hydrogen (secondary N) is 1. The summed E-state index contributed by atoms with van der Waals surface area (Å²) in [5.74, 6) is 0.466. The molecule has 23 heavy (non-hydrogen) atoms. The summed E-state index contributed by atoms with van der Waals surface area (Å²) in [4.78, 5) is 16.4. The molecule has 0 fully saturated rings. The maximum atomic E-state index is 12.0. The molecule has 0 saturated heterocycles. The van der Waals surface area contributed by atoms with E-state index in [0.29, 0.717) is 21.4 Å². The molecule has 0 aliphatic heterocycles. The van der Waals surface area contributed by atoms with Crippen LogP contribution in [-0.4, -0.2) is 17.5 Å². The summed E-state index contributed by atoms with van der Waals surface area (Å²) < 4.78 is 6.52. The van der Waals surface area contributed by atoms with E-state index in [1.165, 1.54) is 11.3 Å². The van der Waals surface area contributed by atoms with Crippen LogP contribution in [0.15, 0.2) is 36.4 Å². The number of aromatic nitrogens is 1. The number of para-hydroxylation sites is 1. The number of anilines is 1. The first kappa shape index (κ1) is 15.8. The van der Waals surface area contributed by atoms with Gasteiger partial charge in [-0.15, -0.1) is 0 Å². The van der Waals surface area contributed by atoms with Crippen LogP contribution in [0.5, 0.6) is 5.75 Å². The second-order valence-corrected chi connectivity index (χ2v) is 6.58. The van der Waals surface area contributed by atoms with E-state index in [1.807, 2.05) is 44.2 Å². The second-order valence-electron chi connectivity index (χ2n) is 5.14. The molecule has 1 amide bonds. The first-order valence-electron chi connectivity index (χ1n) is 7.08. The highest BCUT2D eigenvalue weighted by Gasteiger charge is 2.11. The van der Waals surface area contributed by atoms with Crippen molar-refractivity contribution < 1.29 is 9.53 Å². The maximum absolute atomic E-state index is 12.0. The molecule has 6 heteroatoms. The first-order valence-corrected chi connectivity index (χ1v) is 8.28. The van der Waals surface area contributed by atoms with Crippen LogP contribution in [0.25, 0.3) is 10.2 Å². The van der Waals surface area contributed by atoms with E-state index < -0.39 is 0 Å². The summed E-state index contributed by atoms with van der Waals surface area (Å²) in [6.07, 6.45) is 0. The van der Waals surface area contributed by atoms with Gasteiger partial charge in [-0.05, 0) is 43.2 Å². The lowest BCUT2D eigenvalue weighted by molar-refractivity contribution is -0.118. The van der Waals surface area contributed by atoms with E-state index in [2.05, 4.69) is 10.3 Å². The fraction of sp³-hybridized carbons (Fsp3) is 0.176. The molecule has 4 nitrogen and oxygen atoms in total. The largest absolute Gasteiger partial charge is 0.483 e. The predicted molar refractivity (Wildman–Crippen MR) is 94.7 cm³/mol. The number of hydrogen-bond donors (Lipinski definition) is 1. The van der Waals surface area contributed by atoms with Crippen molar-refractivity contribution in [3.05, 3.63) is 52.5 Å². The SMILES string of the molecule is Cc1cccc(OCC(=O)Nc2nc3c(Cl)cccc3s2)c1C. The molecule has 0 radical (unpaired) electrons. The third-order valence-electron chi connectivity index (χ3n) is 3.53. The number of thiazole rings is 1. The van der Waals surface area contributed by atoms with Gasteiger partial charge in [0.2, 0.25) is 0 Å². The minimum Gasteiger partial charge on any atom is -0.483 e. The Morgan fingerprint density at radius 1 is 1.26 bits per heavy atom. The van der Waals surface area contributed by atoms with E-state index in [0.717, 1.165) is 15.8 Å². The molecule has 3 rings (SSSR count). The molecular weight excluding hydrogens is 332 g/mol. The van der Waals surface area contributed by atoms with Crippen molar-refractivity contribution >= 4 is 44.2 Å². The topological polar surface area (TPSA) is 51.2 Å². The van der Waals surface area contributed by atoms with E-state index in [-0.39, 0.29) is 12.5 Å². The summed E-state index contributed by atoms with van der Waals surface area (Å²) in [6.45, 7) is 3.92. The fourth-order valence-corrected chi connectivity index (χ4v) is 3.33. The summed E-state index contributed by atoms with van der Waals surface area (Å²) in [5.41, 5.74) is 2.86. The van der Waals surface area contributed by atoms with Crippen molar-refractivity contribution in [2.24, 2.45) is 0 Å². The molecule has 118 valence electrons. The van der Waals surface area contributed by atoms with E-state index in [1.54, 1.807) is 6.07 Å². The van der Waals surface area contributed by atoms with Crippen molar-refractivity contribution in [3.63, 3.8) is 0 Å². The second kappa shape index (κ2) is 6.56. The Labute approximate surface area is 143 Å². The van der Waals surface area contributed by atoms with Crippen molar-refractivity contribution in [2.75, 3.05) is 11.9 Å².